The van der Waals surface area contributed by atoms with Crippen LogP contribution < -0.4 is 10.6 Å². The predicted octanol–water partition coefficient (Wildman–Crippen LogP) is 2.92. The van der Waals surface area contributed by atoms with Crippen molar-refractivity contribution in [3.63, 3.8) is 0 Å². The van der Waals surface area contributed by atoms with Crippen molar-refractivity contribution in [2.24, 2.45) is 16.8 Å². The first-order chi connectivity index (χ1) is 8.78. The maximum atomic E-state index is 4.71. The summed E-state index contributed by atoms with van der Waals surface area (Å²) in [6, 6.07) is 0.632. The first-order valence-corrected chi connectivity index (χ1v) is 7.82. The zero-order chi connectivity index (χ0) is 12.8. The monoisotopic (exact) mass is 251 g/mol. The summed E-state index contributed by atoms with van der Waals surface area (Å²) in [4.78, 5) is 4.71. The smallest absolute Gasteiger partial charge is 0.191 e. The van der Waals surface area contributed by atoms with Gasteiger partial charge in [0.15, 0.2) is 5.96 Å². The van der Waals surface area contributed by atoms with Gasteiger partial charge >= 0.3 is 0 Å². The van der Waals surface area contributed by atoms with E-state index >= 15 is 0 Å². The molecule has 2 aliphatic carbocycles. The maximum Gasteiger partial charge on any atom is 0.191 e. The highest BCUT2D eigenvalue weighted by Gasteiger charge is 2.21. The van der Waals surface area contributed by atoms with Crippen molar-refractivity contribution < 1.29 is 0 Å². The van der Waals surface area contributed by atoms with Crippen molar-refractivity contribution in [2.45, 2.75) is 64.8 Å². The Kier molecular flexibility index (Phi) is 5.33. The van der Waals surface area contributed by atoms with E-state index in [1.54, 1.807) is 0 Å². The lowest BCUT2D eigenvalue weighted by Gasteiger charge is -2.28. The molecule has 2 unspecified atom stereocenters. The van der Waals surface area contributed by atoms with Crippen LogP contribution in [0.2, 0.25) is 0 Å². The van der Waals surface area contributed by atoms with Gasteiger partial charge in [-0.25, -0.2) is 0 Å². The fourth-order valence-electron chi connectivity index (χ4n) is 2.84. The molecule has 18 heavy (non-hydrogen) atoms. The van der Waals surface area contributed by atoms with Crippen molar-refractivity contribution in [1.29, 1.82) is 0 Å². The molecular formula is C15H29N3. The summed E-state index contributed by atoms with van der Waals surface area (Å²) in [5.41, 5.74) is 0. The van der Waals surface area contributed by atoms with Crippen LogP contribution in [0.4, 0.5) is 0 Å². The van der Waals surface area contributed by atoms with Crippen LogP contribution in [0.15, 0.2) is 4.99 Å². The molecule has 2 saturated carbocycles. The van der Waals surface area contributed by atoms with Crippen LogP contribution in [0.25, 0.3) is 0 Å². The average Bonchev–Trinajstić information content (AvgIpc) is 3.13. The third-order valence-corrected chi connectivity index (χ3v) is 4.13. The summed E-state index contributed by atoms with van der Waals surface area (Å²) in [5.74, 6) is 2.88. The van der Waals surface area contributed by atoms with E-state index in [-0.39, 0.29) is 0 Å². The molecule has 0 spiro atoms. The van der Waals surface area contributed by atoms with Crippen LogP contribution in [0, 0.1) is 11.8 Å². The molecule has 0 amide bonds. The van der Waals surface area contributed by atoms with Gasteiger partial charge in [0.2, 0.25) is 0 Å². The molecule has 0 radical (unpaired) electrons. The minimum Gasteiger partial charge on any atom is -0.357 e. The second-order valence-electron chi connectivity index (χ2n) is 6.11. The van der Waals surface area contributed by atoms with Crippen LogP contribution in [0.1, 0.15) is 58.8 Å². The molecule has 104 valence electrons. The van der Waals surface area contributed by atoms with Gasteiger partial charge in [-0.2, -0.15) is 0 Å². The van der Waals surface area contributed by atoms with Crippen molar-refractivity contribution in [2.75, 3.05) is 13.1 Å². The van der Waals surface area contributed by atoms with Crippen molar-refractivity contribution >= 4 is 5.96 Å². The van der Waals surface area contributed by atoms with E-state index in [9.17, 15) is 0 Å². The van der Waals surface area contributed by atoms with E-state index in [1.807, 2.05) is 0 Å². The largest absolute Gasteiger partial charge is 0.357 e. The zero-order valence-corrected chi connectivity index (χ0v) is 12.0. The van der Waals surface area contributed by atoms with Crippen molar-refractivity contribution in [3.8, 4) is 0 Å². The molecule has 0 aliphatic heterocycles. The Labute approximate surface area is 112 Å². The number of nitrogens with one attached hydrogen (secondary N) is 2. The van der Waals surface area contributed by atoms with E-state index < -0.39 is 0 Å². The minimum atomic E-state index is 0.632. The molecule has 0 aromatic heterocycles. The van der Waals surface area contributed by atoms with E-state index in [0.29, 0.717) is 6.04 Å². The standard InChI is InChI=1S/C15H29N3/c1-3-16-15(17-10-9-13-7-8-13)18-14-6-4-5-12(2)11-14/h12-14H,3-11H2,1-2H3,(H2,16,17,18). The Balaban J connectivity index is 1.75. The van der Waals surface area contributed by atoms with Gasteiger partial charge in [0.05, 0.1) is 0 Å². The molecule has 3 heteroatoms. The van der Waals surface area contributed by atoms with Gasteiger partial charge in [0.25, 0.3) is 0 Å². The van der Waals surface area contributed by atoms with Crippen LogP contribution in [-0.4, -0.2) is 25.1 Å². The van der Waals surface area contributed by atoms with Gasteiger partial charge in [-0.05, 0) is 38.0 Å². The highest BCUT2D eigenvalue weighted by Crippen LogP contribution is 2.32. The van der Waals surface area contributed by atoms with Gasteiger partial charge in [0, 0.05) is 19.1 Å². The van der Waals surface area contributed by atoms with Crippen LogP contribution >= 0.6 is 0 Å². The first-order valence-electron chi connectivity index (χ1n) is 7.82. The SMILES string of the molecule is CCNC(=NCCC1CC1)NC1CCCC(C)C1. The summed E-state index contributed by atoms with van der Waals surface area (Å²) in [5, 5.41) is 7.00. The maximum absolute atomic E-state index is 4.71. The number of guanidine groups is 1. The van der Waals surface area contributed by atoms with Gasteiger partial charge in [-0.3, -0.25) is 4.99 Å². The summed E-state index contributed by atoms with van der Waals surface area (Å²) in [6.07, 6.45) is 9.50. The Morgan fingerprint density at radius 2 is 2.06 bits per heavy atom. The lowest BCUT2D eigenvalue weighted by atomic mass is 9.87. The molecule has 2 atom stereocenters. The van der Waals surface area contributed by atoms with E-state index in [1.165, 1.54) is 44.9 Å². The van der Waals surface area contributed by atoms with E-state index in [2.05, 4.69) is 24.5 Å². The number of rotatable bonds is 5. The van der Waals surface area contributed by atoms with E-state index in [4.69, 9.17) is 4.99 Å². The Morgan fingerprint density at radius 1 is 1.22 bits per heavy atom. The Morgan fingerprint density at radius 3 is 2.72 bits per heavy atom. The fraction of sp³-hybridized carbons (Fsp3) is 0.933. The predicted molar refractivity (Wildman–Crippen MR) is 77.9 cm³/mol. The highest BCUT2D eigenvalue weighted by atomic mass is 15.2. The molecule has 0 aromatic rings. The number of hydrogen-bond acceptors (Lipinski definition) is 1. The van der Waals surface area contributed by atoms with Crippen molar-refractivity contribution in [3.05, 3.63) is 0 Å². The second-order valence-corrected chi connectivity index (χ2v) is 6.11. The first kappa shape index (κ1) is 13.7. The third-order valence-electron chi connectivity index (χ3n) is 4.13. The molecule has 2 fully saturated rings. The molecule has 3 nitrogen and oxygen atoms in total. The van der Waals surface area contributed by atoms with Crippen LogP contribution in [-0.2, 0) is 0 Å². The molecule has 2 aliphatic rings. The summed E-state index contributed by atoms with van der Waals surface area (Å²) in [7, 11) is 0. The van der Waals surface area contributed by atoms with Crippen molar-refractivity contribution in [1.82, 2.24) is 10.6 Å². The molecule has 2 N–H and O–H groups in total. The Hall–Kier alpha value is -0.730. The zero-order valence-electron chi connectivity index (χ0n) is 12.0. The molecule has 0 saturated heterocycles. The average molecular weight is 251 g/mol. The molecule has 0 bridgehead atoms. The fourth-order valence-corrected chi connectivity index (χ4v) is 2.84. The van der Waals surface area contributed by atoms with Gasteiger partial charge in [-0.15, -0.1) is 0 Å². The van der Waals surface area contributed by atoms with E-state index in [0.717, 1.165) is 30.9 Å². The molecule has 0 aromatic carbocycles. The minimum absolute atomic E-state index is 0.632. The topological polar surface area (TPSA) is 36.4 Å². The van der Waals surface area contributed by atoms with Crippen LogP contribution in [0.3, 0.4) is 0 Å². The Bertz CT molecular complexity index is 271. The lowest BCUT2D eigenvalue weighted by molar-refractivity contribution is 0.324. The van der Waals surface area contributed by atoms with Gasteiger partial charge in [-0.1, -0.05) is 32.6 Å². The third kappa shape index (κ3) is 4.87. The highest BCUT2D eigenvalue weighted by molar-refractivity contribution is 5.80. The molecule has 0 heterocycles. The van der Waals surface area contributed by atoms with Crippen LogP contribution in [0.5, 0.6) is 0 Å². The molecular weight excluding hydrogens is 222 g/mol. The quantitative estimate of drug-likeness (QED) is 0.582. The number of nitrogens with zero attached hydrogens (tertiary/aromatic N) is 1. The lowest BCUT2D eigenvalue weighted by Crippen LogP contribution is -2.45. The normalized spacial score (nSPS) is 29.1. The summed E-state index contributed by atoms with van der Waals surface area (Å²) >= 11 is 0. The van der Waals surface area contributed by atoms with Gasteiger partial charge in [0.1, 0.15) is 0 Å². The van der Waals surface area contributed by atoms with Gasteiger partial charge < -0.3 is 10.6 Å². The summed E-state index contributed by atoms with van der Waals surface area (Å²) < 4.78 is 0. The second kappa shape index (κ2) is 7.01. The summed E-state index contributed by atoms with van der Waals surface area (Å²) in [6.45, 7) is 6.45. The number of aliphatic imine (C=N–C) groups is 1. The number of hydrogen-bond donors (Lipinski definition) is 2. The molecule has 2 rings (SSSR count).